The minimum Gasteiger partial charge on any atom is -0.497 e. The minimum atomic E-state index is -1.29. The molecule has 0 heterocycles. The second-order valence-corrected chi connectivity index (χ2v) is 18.1. The fourth-order valence-corrected chi connectivity index (χ4v) is 9.10. The molecule has 386 valence electrons. The molecule has 9 rings (SSSR count). The van der Waals surface area contributed by atoms with E-state index in [2.05, 4.69) is 0 Å². The van der Waals surface area contributed by atoms with Crippen molar-refractivity contribution in [3.05, 3.63) is 217 Å². The number of hydrogen-bond acceptors (Lipinski definition) is 10. The predicted octanol–water partition coefficient (Wildman–Crippen LogP) is 13.0. The van der Waals surface area contributed by atoms with Crippen LogP contribution in [0.25, 0.3) is 66.8 Å². The molecule has 0 atom stereocenters. The predicted molar refractivity (Wildman–Crippen MR) is 296 cm³/mol. The number of methoxy groups -OCH3 is 3. The van der Waals surface area contributed by atoms with E-state index in [0.717, 1.165) is 16.7 Å². The van der Waals surface area contributed by atoms with Crippen LogP contribution in [0.5, 0.6) is 34.5 Å². The quantitative estimate of drug-likeness (QED) is 0.0532. The molecule has 0 aromatic heterocycles. The summed E-state index contributed by atoms with van der Waals surface area (Å²) in [6.45, 7) is -0.262. The molecule has 0 unspecified atom stereocenters. The summed E-state index contributed by atoms with van der Waals surface area (Å²) in [6.07, 6.45) is 0. The monoisotopic (exact) mass is 1030 g/mol. The summed E-state index contributed by atoms with van der Waals surface area (Å²) in [5, 5.41) is 31.3. The van der Waals surface area contributed by atoms with Gasteiger partial charge in [-0.2, -0.15) is 0 Å². The SMILES string of the molecule is COc1ccc(-c2cccc(-c3ccc(OCC(N)(COc4ccc(-c5cccc(-c6ccc(OC)cc6)c5C(=O)O)cc4)COc4ccc(-c5cccc(-c6ccc(OC)cc6)c5C(=O)O)cc4)cc3)c2C(=O)O)cc1. The summed E-state index contributed by atoms with van der Waals surface area (Å²) in [6, 6.07) is 58.9. The molecule has 5 N–H and O–H groups in total. The van der Waals surface area contributed by atoms with Gasteiger partial charge in [-0.25, -0.2) is 14.4 Å². The first-order valence-electron chi connectivity index (χ1n) is 24.4. The van der Waals surface area contributed by atoms with E-state index >= 15 is 0 Å². The lowest BCUT2D eigenvalue weighted by Crippen LogP contribution is -2.55. The third-order valence-electron chi connectivity index (χ3n) is 13.1. The van der Waals surface area contributed by atoms with E-state index in [1.807, 2.05) is 54.6 Å². The van der Waals surface area contributed by atoms with Crippen molar-refractivity contribution in [2.45, 2.75) is 5.54 Å². The van der Waals surface area contributed by atoms with Crippen LogP contribution in [-0.4, -0.2) is 79.9 Å². The summed E-state index contributed by atoms with van der Waals surface area (Å²) in [4.78, 5) is 38.3. The molecular formula is C64H53NO12. The van der Waals surface area contributed by atoms with Gasteiger partial charge in [0, 0.05) is 0 Å². The number of ether oxygens (including phenoxy) is 6. The van der Waals surface area contributed by atoms with E-state index in [-0.39, 0.29) is 36.5 Å². The summed E-state index contributed by atoms with van der Waals surface area (Å²) in [5.41, 5.74) is 13.7. The lowest BCUT2D eigenvalue weighted by atomic mass is 9.91. The number of rotatable bonds is 21. The average Bonchev–Trinajstić information content (AvgIpc) is 3.48. The smallest absolute Gasteiger partial charge is 0.336 e. The third kappa shape index (κ3) is 11.8. The number of carboxylic acids is 3. The van der Waals surface area contributed by atoms with Gasteiger partial charge < -0.3 is 49.5 Å². The van der Waals surface area contributed by atoms with Crippen molar-refractivity contribution >= 4 is 17.9 Å². The topological polar surface area (TPSA) is 193 Å². The van der Waals surface area contributed by atoms with E-state index in [0.29, 0.717) is 84.6 Å². The van der Waals surface area contributed by atoms with E-state index in [9.17, 15) is 29.7 Å². The first-order chi connectivity index (χ1) is 37.3. The standard InChI is InChI=1S/C64H53NO12/c1-72-46-25-13-40(14-26-46)52-7-4-10-55(58(52)61(66)67)43-19-31-49(32-20-43)75-37-64(65,38-76-50-33-21-44(22-34-50)56-11-5-8-53(59(56)62(68)69)41-15-27-47(73-2)28-16-41)39-77-51-35-23-45(24-36-51)57-12-6-9-54(60(57)63(70)71)42-17-29-48(74-3)30-18-42/h4-36H,37-39,65H2,1-3H3,(H,66,67)(H,68,69)(H,70,71). The minimum absolute atomic E-state index is 0.0872. The van der Waals surface area contributed by atoms with E-state index in [1.54, 1.807) is 167 Å². The molecule has 13 nitrogen and oxygen atoms in total. The van der Waals surface area contributed by atoms with Gasteiger partial charge in [0.1, 0.15) is 59.9 Å². The molecule has 0 fully saturated rings. The Morgan fingerprint density at radius 1 is 0.325 bits per heavy atom. The highest BCUT2D eigenvalue weighted by Crippen LogP contribution is 2.38. The zero-order chi connectivity index (χ0) is 54.1. The highest BCUT2D eigenvalue weighted by atomic mass is 16.5. The number of benzene rings is 9. The maximum absolute atomic E-state index is 12.8. The van der Waals surface area contributed by atoms with Crippen LogP contribution < -0.4 is 34.2 Å². The van der Waals surface area contributed by atoms with Crippen LogP contribution >= 0.6 is 0 Å². The second-order valence-electron chi connectivity index (χ2n) is 18.1. The summed E-state index contributed by atoms with van der Waals surface area (Å²) >= 11 is 0. The molecule has 0 aliphatic heterocycles. The summed E-state index contributed by atoms with van der Waals surface area (Å²) in [7, 11) is 4.71. The largest absolute Gasteiger partial charge is 0.497 e. The van der Waals surface area contributed by atoms with Crippen molar-refractivity contribution in [2.75, 3.05) is 41.2 Å². The fraction of sp³-hybridized carbons (Fsp3) is 0.109. The van der Waals surface area contributed by atoms with Crippen molar-refractivity contribution in [1.29, 1.82) is 0 Å². The highest BCUT2D eigenvalue weighted by Gasteiger charge is 2.30. The van der Waals surface area contributed by atoms with Crippen LogP contribution in [-0.2, 0) is 0 Å². The molecule has 9 aromatic rings. The van der Waals surface area contributed by atoms with Gasteiger partial charge in [-0.05, 0) is 140 Å². The van der Waals surface area contributed by atoms with Crippen LogP contribution in [0, 0.1) is 0 Å². The van der Waals surface area contributed by atoms with E-state index < -0.39 is 23.4 Å². The van der Waals surface area contributed by atoms with Gasteiger partial charge in [0.15, 0.2) is 0 Å². The van der Waals surface area contributed by atoms with E-state index in [4.69, 9.17) is 34.2 Å². The van der Waals surface area contributed by atoms with Gasteiger partial charge in [0.2, 0.25) is 0 Å². The second kappa shape index (κ2) is 23.1. The third-order valence-corrected chi connectivity index (χ3v) is 13.1. The Kier molecular flexibility index (Phi) is 15.6. The number of carboxylic acid groups (broad SMARTS) is 3. The Bertz CT molecular complexity index is 3170. The Balaban J connectivity index is 0.958. The number of nitrogens with two attached hydrogens (primary N) is 1. The molecule has 0 bridgehead atoms. The van der Waals surface area contributed by atoms with Crippen molar-refractivity contribution in [3.63, 3.8) is 0 Å². The fourth-order valence-electron chi connectivity index (χ4n) is 9.10. The molecule has 0 aliphatic carbocycles. The van der Waals surface area contributed by atoms with Crippen LogP contribution in [0.4, 0.5) is 0 Å². The number of carbonyl (C=O) groups is 3. The maximum Gasteiger partial charge on any atom is 0.336 e. The molecule has 9 aromatic carbocycles. The van der Waals surface area contributed by atoms with Gasteiger partial charge in [-0.15, -0.1) is 0 Å². The zero-order valence-corrected chi connectivity index (χ0v) is 42.3. The van der Waals surface area contributed by atoms with Gasteiger partial charge in [0.25, 0.3) is 0 Å². The summed E-state index contributed by atoms with van der Waals surface area (Å²) < 4.78 is 34.9. The molecule has 0 amide bonds. The molecule has 0 spiro atoms. The first-order valence-corrected chi connectivity index (χ1v) is 24.4. The van der Waals surface area contributed by atoms with Crippen LogP contribution in [0.2, 0.25) is 0 Å². The van der Waals surface area contributed by atoms with Crippen LogP contribution in [0.1, 0.15) is 31.1 Å². The zero-order valence-electron chi connectivity index (χ0n) is 42.3. The Morgan fingerprint density at radius 2 is 0.506 bits per heavy atom. The van der Waals surface area contributed by atoms with Crippen molar-refractivity contribution in [3.8, 4) is 101 Å². The van der Waals surface area contributed by atoms with Crippen LogP contribution in [0.15, 0.2) is 200 Å². The summed E-state index contributed by atoms with van der Waals surface area (Å²) in [5.74, 6) is 0.119. The first kappa shape index (κ1) is 52.0. The normalized spacial score (nSPS) is 11.1. The lowest BCUT2D eigenvalue weighted by Gasteiger charge is -2.29. The maximum atomic E-state index is 12.8. The Labute approximate surface area is 444 Å². The molecule has 13 heteroatoms. The van der Waals surface area contributed by atoms with E-state index in [1.165, 1.54) is 0 Å². The Morgan fingerprint density at radius 3 is 0.675 bits per heavy atom. The van der Waals surface area contributed by atoms with Crippen molar-refractivity contribution < 1.29 is 58.1 Å². The van der Waals surface area contributed by atoms with Gasteiger partial charge in [0.05, 0.1) is 38.0 Å². The molecule has 0 aliphatic rings. The van der Waals surface area contributed by atoms with Gasteiger partial charge >= 0.3 is 17.9 Å². The lowest BCUT2D eigenvalue weighted by molar-refractivity contribution is 0.0687. The number of hydrogen-bond donors (Lipinski definition) is 4. The molecule has 0 radical (unpaired) electrons. The van der Waals surface area contributed by atoms with Gasteiger partial charge in [-0.1, -0.05) is 127 Å². The van der Waals surface area contributed by atoms with Crippen molar-refractivity contribution in [2.24, 2.45) is 5.73 Å². The highest BCUT2D eigenvalue weighted by molar-refractivity contribution is 6.05. The van der Waals surface area contributed by atoms with Gasteiger partial charge in [-0.3, -0.25) is 0 Å². The Hall–Kier alpha value is -9.85. The molecular weight excluding hydrogens is 975 g/mol. The average molecular weight is 1030 g/mol. The molecule has 0 saturated carbocycles. The van der Waals surface area contributed by atoms with Crippen LogP contribution in [0.3, 0.4) is 0 Å². The number of aromatic carboxylic acids is 3. The molecule has 77 heavy (non-hydrogen) atoms. The van der Waals surface area contributed by atoms with Crippen molar-refractivity contribution in [1.82, 2.24) is 0 Å². The molecule has 0 saturated heterocycles.